The molecular formula is C20H29IO9. The van der Waals surface area contributed by atoms with Gasteiger partial charge in [-0.1, -0.05) is 29.5 Å². The minimum atomic E-state index is -1.66. The molecule has 0 aromatic carbocycles. The molecular weight excluding hydrogens is 511 g/mol. The Hall–Kier alpha value is -0.980. The van der Waals surface area contributed by atoms with Gasteiger partial charge in [-0.25, -0.2) is 0 Å². The van der Waals surface area contributed by atoms with E-state index in [0.717, 1.165) is 0 Å². The Balaban J connectivity index is 1.78. The van der Waals surface area contributed by atoms with E-state index in [2.05, 4.69) is 0 Å². The molecule has 0 radical (unpaired) electrons. The first-order valence-electron chi connectivity index (χ1n) is 10.1. The molecule has 0 spiro atoms. The zero-order chi connectivity index (χ0) is 22.6. The highest BCUT2D eigenvalue weighted by molar-refractivity contribution is 14.1. The topological polar surface area (TPSA) is 129 Å². The molecule has 30 heavy (non-hydrogen) atoms. The molecule has 3 heterocycles. The van der Waals surface area contributed by atoms with Crippen molar-refractivity contribution in [2.75, 3.05) is 0 Å². The summed E-state index contributed by atoms with van der Waals surface area (Å²) < 4.78 is 22.0. The molecule has 3 rings (SSSR count). The van der Waals surface area contributed by atoms with Crippen LogP contribution in [0, 0.1) is 5.41 Å². The molecule has 9 nitrogen and oxygen atoms in total. The third-order valence-corrected chi connectivity index (χ3v) is 7.27. The van der Waals surface area contributed by atoms with E-state index in [-0.39, 0.29) is 16.8 Å². The Bertz CT molecular complexity index is 725. The molecule has 0 aliphatic carbocycles. The average molecular weight is 540 g/mol. The van der Waals surface area contributed by atoms with Crippen molar-refractivity contribution in [2.45, 2.75) is 99.5 Å². The summed E-state index contributed by atoms with van der Waals surface area (Å²) in [4.78, 5) is 38.1. The molecule has 0 saturated carbocycles. The van der Waals surface area contributed by atoms with Gasteiger partial charge in [-0.3, -0.25) is 14.4 Å². The summed E-state index contributed by atoms with van der Waals surface area (Å²) in [5, 5.41) is 20.6. The van der Waals surface area contributed by atoms with Crippen LogP contribution in [-0.4, -0.2) is 73.8 Å². The third-order valence-electron chi connectivity index (χ3n) is 5.88. The Morgan fingerprint density at radius 2 is 1.93 bits per heavy atom. The summed E-state index contributed by atoms with van der Waals surface area (Å²) in [5.74, 6) is -2.05. The van der Waals surface area contributed by atoms with Gasteiger partial charge < -0.3 is 29.2 Å². The lowest BCUT2D eigenvalue weighted by molar-refractivity contribution is -0.183. The second kappa shape index (κ2) is 7.86. The monoisotopic (exact) mass is 540 g/mol. The standard InChI is InChI=1S/C20H29IO9/c1-6-9(21)15(22)29-12-10-7-20(14(27-10)13(12)30-17(20)24)16(23)28-11(19(4,5)26)8-18(2,3)25/h9-14,25-26H,6-8H2,1-5H3. The molecule has 3 aliphatic rings. The van der Waals surface area contributed by atoms with E-state index in [9.17, 15) is 24.6 Å². The number of halogens is 1. The van der Waals surface area contributed by atoms with Gasteiger partial charge in [-0.05, 0) is 34.1 Å². The fourth-order valence-electron chi connectivity index (χ4n) is 4.20. The maximum atomic E-state index is 13.1. The highest BCUT2D eigenvalue weighted by Crippen LogP contribution is 2.56. The number of carbonyl (C=O) groups excluding carboxylic acids is 3. The van der Waals surface area contributed by atoms with Gasteiger partial charge in [0.15, 0.2) is 17.6 Å². The summed E-state index contributed by atoms with van der Waals surface area (Å²) in [7, 11) is 0. The lowest BCUT2D eigenvalue weighted by Crippen LogP contribution is -2.52. The van der Waals surface area contributed by atoms with Crippen LogP contribution in [0.1, 0.15) is 53.9 Å². The maximum absolute atomic E-state index is 13.1. The number of aliphatic hydroxyl groups is 2. The van der Waals surface area contributed by atoms with Gasteiger partial charge in [-0.15, -0.1) is 0 Å². The number of hydrogen-bond acceptors (Lipinski definition) is 9. The predicted molar refractivity (Wildman–Crippen MR) is 111 cm³/mol. The highest BCUT2D eigenvalue weighted by atomic mass is 127. The Labute approximate surface area is 188 Å². The van der Waals surface area contributed by atoms with Crippen LogP contribution >= 0.6 is 22.6 Å². The van der Waals surface area contributed by atoms with Crippen LogP contribution in [0.5, 0.6) is 0 Å². The largest absolute Gasteiger partial charge is 0.458 e. The summed E-state index contributed by atoms with van der Waals surface area (Å²) in [5.41, 5.74) is -4.31. The Morgan fingerprint density at radius 3 is 2.47 bits per heavy atom. The van der Waals surface area contributed by atoms with Gasteiger partial charge >= 0.3 is 17.9 Å². The van der Waals surface area contributed by atoms with Crippen molar-refractivity contribution >= 4 is 40.5 Å². The van der Waals surface area contributed by atoms with Crippen molar-refractivity contribution in [3.8, 4) is 0 Å². The lowest BCUT2D eigenvalue weighted by atomic mass is 9.74. The molecule has 3 aliphatic heterocycles. The number of ether oxygens (including phenoxy) is 4. The van der Waals surface area contributed by atoms with E-state index < -0.39 is 65.0 Å². The van der Waals surface area contributed by atoms with Gasteiger partial charge in [0.2, 0.25) is 0 Å². The van der Waals surface area contributed by atoms with Gasteiger partial charge in [0.05, 0.1) is 11.2 Å². The van der Waals surface area contributed by atoms with Crippen LogP contribution in [0.2, 0.25) is 0 Å². The van der Waals surface area contributed by atoms with Crippen molar-refractivity contribution in [1.29, 1.82) is 0 Å². The van der Waals surface area contributed by atoms with Crippen molar-refractivity contribution in [3.63, 3.8) is 0 Å². The van der Waals surface area contributed by atoms with E-state index in [1.807, 2.05) is 29.5 Å². The number of hydrogen-bond donors (Lipinski definition) is 2. The lowest BCUT2D eigenvalue weighted by Gasteiger charge is -2.35. The molecule has 7 unspecified atom stereocenters. The van der Waals surface area contributed by atoms with E-state index in [1.54, 1.807) is 0 Å². The van der Waals surface area contributed by atoms with Crippen LogP contribution in [0.15, 0.2) is 0 Å². The van der Waals surface area contributed by atoms with Crippen molar-refractivity contribution in [3.05, 3.63) is 0 Å². The zero-order valence-electron chi connectivity index (χ0n) is 17.7. The number of carbonyl (C=O) groups is 3. The van der Waals surface area contributed by atoms with Crippen LogP contribution in [0.4, 0.5) is 0 Å². The van der Waals surface area contributed by atoms with Crippen LogP contribution in [-0.2, 0) is 33.3 Å². The van der Waals surface area contributed by atoms with E-state index in [1.165, 1.54) is 27.7 Å². The van der Waals surface area contributed by atoms with E-state index in [0.29, 0.717) is 6.42 Å². The summed E-state index contributed by atoms with van der Waals surface area (Å²) in [6.45, 7) is 7.86. The van der Waals surface area contributed by atoms with Gasteiger partial charge in [0, 0.05) is 12.8 Å². The van der Waals surface area contributed by atoms with Gasteiger partial charge in [-0.2, -0.15) is 0 Å². The molecule has 10 heteroatoms. The molecule has 170 valence electrons. The summed E-state index contributed by atoms with van der Waals surface area (Å²) in [6, 6.07) is 0. The second-order valence-electron chi connectivity index (χ2n) is 9.48. The molecule has 0 amide bonds. The van der Waals surface area contributed by atoms with Crippen LogP contribution < -0.4 is 0 Å². The molecule has 2 N–H and O–H groups in total. The van der Waals surface area contributed by atoms with Crippen LogP contribution in [0.25, 0.3) is 0 Å². The van der Waals surface area contributed by atoms with Gasteiger partial charge in [0.1, 0.15) is 22.2 Å². The fraction of sp³-hybridized carbons (Fsp3) is 0.850. The van der Waals surface area contributed by atoms with E-state index in [4.69, 9.17) is 18.9 Å². The number of rotatable bonds is 8. The molecule has 2 bridgehead atoms. The van der Waals surface area contributed by atoms with Crippen LogP contribution in [0.3, 0.4) is 0 Å². The number of alkyl halides is 1. The first kappa shape index (κ1) is 23.7. The second-order valence-corrected chi connectivity index (χ2v) is 11.0. The molecule has 3 fully saturated rings. The number of esters is 3. The van der Waals surface area contributed by atoms with Crippen molar-refractivity contribution in [1.82, 2.24) is 0 Å². The quantitative estimate of drug-likeness (QED) is 0.153. The molecule has 0 aromatic rings. The average Bonchev–Trinajstić information content (AvgIpc) is 3.20. The predicted octanol–water partition coefficient (Wildman–Crippen LogP) is 1.04. The first-order valence-corrected chi connectivity index (χ1v) is 11.3. The van der Waals surface area contributed by atoms with Gasteiger partial charge in [0.25, 0.3) is 0 Å². The Kier molecular flexibility index (Phi) is 6.20. The maximum Gasteiger partial charge on any atom is 0.326 e. The minimum Gasteiger partial charge on any atom is -0.458 e. The summed E-state index contributed by atoms with van der Waals surface area (Å²) in [6.07, 6.45) is -3.71. The minimum absolute atomic E-state index is 0.0249. The molecule has 3 saturated heterocycles. The molecule has 7 atom stereocenters. The smallest absolute Gasteiger partial charge is 0.326 e. The SMILES string of the molecule is CCC(I)C(=O)OC1C2CC3(C(=O)OC(CC(C)(C)O)C(C)(C)O)C(=O)OC1C3O2. The normalized spacial score (nSPS) is 34.5. The van der Waals surface area contributed by atoms with E-state index >= 15 is 0 Å². The molecule has 0 aromatic heterocycles. The zero-order valence-corrected chi connectivity index (χ0v) is 19.9. The Morgan fingerprint density at radius 1 is 1.30 bits per heavy atom. The van der Waals surface area contributed by atoms with Crippen molar-refractivity contribution < 1.29 is 43.5 Å². The third kappa shape index (κ3) is 4.07. The highest BCUT2D eigenvalue weighted by Gasteiger charge is 2.77. The first-order chi connectivity index (χ1) is 13.7. The van der Waals surface area contributed by atoms with Crippen molar-refractivity contribution in [2.24, 2.45) is 5.41 Å². The fourth-order valence-corrected chi connectivity index (χ4v) is 4.35. The summed E-state index contributed by atoms with van der Waals surface area (Å²) >= 11 is 1.99. The number of fused-ring (bicyclic) bond motifs is 1.